The van der Waals surface area contributed by atoms with E-state index in [2.05, 4.69) is 4.98 Å². The highest BCUT2D eigenvalue weighted by Crippen LogP contribution is 2.26. The summed E-state index contributed by atoms with van der Waals surface area (Å²) in [6, 6.07) is 6.82. The van der Waals surface area contributed by atoms with Crippen LogP contribution in [-0.4, -0.2) is 22.7 Å². The molecule has 0 bridgehead atoms. The van der Waals surface area contributed by atoms with Crippen molar-refractivity contribution >= 4 is 16.9 Å². The maximum Gasteiger partial charge on any atom is 0.336 e. The Kier molecular flexibility index (Phi) is 3.23. The zero-order valence-electron chi connectivity index (χ0n) is 9.51. The number of ether oxygens (including phenoxy) is 1. The lowest BCUT2D eigenvalue weighted by Gasteiger charge is -2.08. The molecule has 2 aromatic rings. The largest absolute Gasteiger partial charge is 0.491 e. The predicted molar refractivity (Wildman–Crippen MR) is 64.5 cm³/mol. The van der Waals surface area contributed by atoms with E-state index < -0.39 is 5.97 Å². The summed E-state index contributed by atoms with van der Waals surface area (Å²) < 4.78 is 5.55. The second-order valence-corrected chi connectivity index (χ2v) is 3.66. The Bertz CT molecular complexity index is 551. The van der Waals surface area contributed by atoms with E-state index in [0.29, 0.717) is 23.3 Å². The fourth-order valence-corrected chi connectivity index (χ4v) is 1.66. The molecule has 0 atom stereocenters. The number of pyridine rings is 1. The van der Waals surface area contributed by atoms with Crippen LogP contribution < -0.4 is 4.74 Å². The molecule has 0 amide bonds. The van der Waals surface area contributed by atoms with Crippen LogP contribution in [0.5, 0.6) is 5.75 Å². The van der Waals surface area contributed by atoms with Crippen LogP contribution in [0.15, 0.2) is 30.5 Å². The number of fused-ring (bicyclic) bond motifs is 1. The van der Waals surface area contributed by atoms with Crippen molar-refractivity contribution in [3.05, 3.63) is 36.0 Å². The Labute approximate surface area is 98.9 Å². The van der Waals surface area contributed by atoms with Gasteiger partial charge in [0.2, 0.25) is 0 Å². The highest BCUT2D eigenvalue weighted by molar-refractivity contribution is 6.03. The summed E-state index contributed by atoms with van der Waals surface area (Å²) in [6.45, 7) is 2.61. The molecule has 0 aliphatic carbocycles. The van der Waals surface area contributed by atoms with Crippen molar-refractivity contribution in [3.63, 3.8) is 0 Å². The van der Waals surface area contributed by atoms with Crippen LogP contribution in [-0.2, 0) is 0 Å². The molecule has 0 aliphatic rings. The predicted octanol–water partition coefficient (Wildman–Crippen LogP) is 2.72. The van der Waals surface area contributed by atoms with Gasteiger partial charge in [0.15, 0.2) is 0 Å². The molecule has 4 heteroatoms. The monoisotopic (exact) mass is 231 g/mol. The molecule has 1 aromatic heterocycles. The number of para-hydroxylation sites is 1. The molecule has 0 saturated carbocycles. The van der Waals surface area contributed by atoms with Crippen molar-refractivity contribution in [2.45, 2.75) is 13.3 Å². The lowest BCUT2D eigenvalue weighted by atomic mass is 10.1. The molecule has 2 rings (SSSR count). The first kappa shape index (κ1) is 11.4. The molecule has 0 fully saturated rings. The number of aromatic nitrogens is 1. The number of hydrogen-bond donors (Lipinski definition) is 1. The van der Waals surface area contributed by atoms with Crippen molar-refractivity contribution in [1.29, 1.82) is 0 Å². The van der Waals surface area contributed by atoms with Crippen LogP contribution in [0, 0.1) is 0 Å². The van der Waals surface area contributed by atoms with Crippen LogP contribution in [0.1, 0.15) is 23.7 Å². The van der Waals surface area contributed by atoms with Gasteiger partial charge in [-0.25, -0.2) is 4.79 Å². The zero-order valence-corrected chi connectivity index (χ0v) is 9.51. The first-order valence-corrected chi connectivity index (χ1v) is 5.48. The molecular formula is C13H13NO3. The van der Waals surface area contributed by atoms with Crippen molar-refractivity contribution in [1.82, 2.24) is 4.98 Å². The van der Waals surface area contributed by atoms with Gasteiger partial charge in [-0.3, -0.25) is 4.98 Å². The van der Waals surface area contributed by atoms with E-state index in [-0.39, 0.29) is 5.56 Å². The van der Waals surface area contributed by atoms with Crippen molar-refractivity contribution < 1.29 is 14.6 Å². The summed E-state index contributed by atoms with van der Waals surface area (Å²) in [5.41, 5.74) is 0.845. The Morgan fingerprint density at radius 2 is 2.24 bits per heavy atom. The van der Waals surface area contributed by atoms with Crippen LogP contribution in [0.4, 0.5) is 0 Å². The lowest BCUT2D eigenvalue weighted by molar-refractivity contribution is 0.0699. The quantitative estimate of drug-likeness (QED) is 0.878. The molecule has 17 heavy (non-hydrogen) atoms. The van der Waals surface area contributed by atoms with E-state index in [9.17, 15) is 4.79 Å². The van der Waals surface area contributed by atoms with E-state index >= 15 is 0 Å². The third-order valence-corrected chi connectivity index (χ3v) is 2.43. The van der Waals surface area contributed by atoms with Gasteiger partial charge in [-0.1, -0.05) is 19.1 Å². The first-order valence-electron chi connectivity index (χ1n) is 5.48. The summed E-state index contributed by atoms with van der Waals surface area (Å²) in [5, 5.41) is 9.69. The number of carboxylic acids is 1. The standard InChI is InChI=1S/C13H13NO3/c1-2-8-17-11-5-3-4-9-10(13(15)16)6-7-14-12(9)11/h3-7H,2,8H2,1H3,(H,15,16). The molecule has 1 N–H and O–H groups in total. The van der Waals surface area contributed by atoms with Crippen LogP contribution in [0.3, 0.4) is 0 Å². The lowest BCUT2D eigenvalue weighted by Crippen LogP contribution is -2.01. The number of aromatic carboxylic acids is 1. The summed E-state index contributed by atoms with van der Waals surface area (Å²) in [6.07, 6.45) is 2.39. The van der Waals surface area contributed by atoms with Gasteiger partial charge in [-0.15, -0.1) is 0 Å². The molecule has 0 saturated heterocycles. The molecule has 0 spiro atoms. The summed E-state index contributed by atoms with van der Waals surface area (Å²) in [5.74, 6) is -0.322. The Balaban J connectivity index is 2.57. The van der Waals surface area contributed by atoms with E-state index in [1.807, 2.05) is 6.92 Å². The Hall–Kier alpha value is -2.10. The number of benzene rings is 1. The zero-order chi connectivity index (χ0) is 12.3. The van der Waals surface area contributed by atoms with Gasteiger partial charge < -0.3 is 9.84 Å². The fourth-order valence-electron chi connectivity index (χ4n) is 1.66. The number of hydrogen-bond acceptors (Lipinski definition) is 3. The molecule has 0 radical (unpaired) electrons. The second-order valence-electron chi connectivity index (χ2n) is 3.66. The molecule has 88 valence electrons. The highest BCUT2D eigenvalue weighted by atomic mass is 16.5. The smallest absolute Gasteiger partial charge is 0.336 e. The average molecular weight is 231 g/mol. The van der Waals surface area contributed by atoms with Crippen molar-refractivity contribution in [2.75, 3.05) is 6.61 Å². The van der Waals surface area contributed by atoms with Gasteiger partial charge in [0.05, 0.1) is 12.2 Å². The number of rotatable bonds is 4. The van der Waals surface area contributed by atoms with Crippen molar-refractivity contribution in [2.24, 2.45) is 0 Å². The maximum atomic E-state index is 11.1. The average Bonchev–Trinajstić information content (AvgIpc) is 2.35. The number of nitrogens with zero attached hydrogens (tertiary/aromatic N) is 1. The van der Waals surface area contributed by atoms with Crippen molar-refractivity contribution in [3.8, 4) is 5.75 Å². The third kappa shape index (κ3) is 2.20. The van der Waals surface area contributed by atoms with E-state index in [1.165, 1.54) is 12.3 Å². The van der Waals surface area contributed by atoms with Crippen LogP contribution in [0.25, 0.3) is 10.9 Å². The highest BCUT2D eigenvalue weighted by Gasteiger charge is 2.11. The molecule has 1 heterocycles. The van der Waals surface area contributed by atoms with E-state index in [1.54, 1.807) is 18.2 Å². The molecular weight excluding hydrogens is 218 g/mol. The van der Waals surface area contributed by atoms with Gasteiger partial charge in [-0.2, -0.15) is 0 Å². The summed E-state index contributed by atoms with van der Waals surface area (Å²) >= 11 is 0. The molecule has 4 nitrogen and oxygen atoms in total. The van der Waals surface area contributed by atoms with Gasteiger partial charge >= 0.3 is 5.97 Å². The van der Waals surface area contributed by atoms with Crippen LogP contribution >= 0.6 is 0 Å². The Morgan fingerprint density at radius 3 is 2.94 bits per heavy atom. The second kappa shape index (κ2) is 4.82. The minimum absolute atomic E-state index is 0.247. The van der Waals surface area contributed by atoms with Gasteiger partial charge in [0, 0.05) is 11.6 Å². The third-order valence-electron chi connectivity index (χ3n) is 2.43. The SMILES string of the molecule is CCCOc1cccc2c(C(=O)O)ccnc12. The fraction of sp³-hybridized carbons (Fsp3) is 0.231. The van der Waals surface area contributed by atoms with E-state index in [4.69, 9.17) is 9.84 Å². The number of carbonyl (C=O) groups is 1. The maximum absolute atomic E-state index is 11.1. The van der Waals surface area contributed by atoms with Gasteiger partial charge in [0.1, 0.15) is 11.3 Å². The summed E-state index contributed by atoms with van der Waals surface area (Å²) in [7, 11) is 0. The molecule has 1 aromatic carbocycles. The topological polar surface area (TPSA) is 59.4 Å². The Morgan fingerprint density at radius 1 is 1.41 bits per heavy atom. The van der Waals surface area contributed by atoms with E-state index in [0.717, 1.165) is 6.42 Å². The van der Waals surface area contributed by atoms with Gasteiger partial charge in [-0.05, 0) is 18.6 Å². The minimum Gasteiger partial charge on any atom is -0.491 e. The van der Waals surface area contributed by atoms with Crippen LogP contribution in [0.2, 0.25) is 0 Å². The normalized spacial score (nSPS) is 10.4. The molecule has 0 aliphatic heterocycles. The van der Waals surface area contributed by atoms with Gasteiger partial charge in [0.25, 0.3) is 0 Å². The summed E-state index contributed by atoms with van der Waals surface area (Å²) in [4.78, 5) is 15.3. The minimum atomic E-state index is -0.954. The first-order chi connectivity index (χ1) is 8.24. The molecule has 0 unspecified atom stereocenters. The number of carboxylic acid groups (broad SMARTS) is 1.